The number of amides is 1. The van der Waals surface area contributed by atoms with Crippen LogP contribution in [-0.2, 0) is 13.0 Å². The number of rotatable bonds is 5. The minimum absolute atomic E-state index is 0.0158. The van der Waals surface area contributed by atoms with Crippen molar-refractivity contribution >= 4 is 16.7 Å². The van der Waals surface area contributed by atoms with Gasteiger partial charge in [0, 0.05) is 19.5 Å². The summed E-state index contributed by atoms with van der Waals surface area (Å²) in [6.07, 6.45) is 2.26. The number of phenolic OH excluding ortho intramolecular Hbond substituents is 1. The summed E-state index contributed by atoms with van der Waals surface area (Å²) in [5.74, 6) is 0.523. The summed E-state index contributed by atoms with van der Waals surface area (Å²) < 4.78 is 1.93. The topological polar surface area (TPSA) is 80.0 Å². The summed E-state index contributed by atoms with van der Waals surface area (Å²) >= 11 is 0. The molecule has 0 radical (unpaired) electrons. The maximum Gasteiger partial charge on any atom is 0.255 e. The van der Waals surface area contributed by atoms with E-state index in [1.165, 1.54) is 0 Å². The number of hydrogen-bond donors (Lipinski definition) is 2. The first-order valence-electron chi connectivity index (χ1n) is 7.56. The molecule has 23 heavy (non-hydrogen) atoms. The van der Waals surface area contributed by atoms with Gasteiger partial charge in [0.2, 0.25) is 0 Å². The molecule has 0 spiro atoms. The van der Waals surface area contributed by atoms with Crippen LogP contribution < -0.4 is 5.32 Å². The van der Waals surface area contributed by atoms with Gasteiger partial charge in [-0.05, 0) is 23.8 Å². The lowest BCUT2D eigenvalue weighted by Gasteiger charge is -2.10. The van der Waals surface area contributed by atoms with Crippen molar-refractivity contribution in [1.82, 2.24) is 20.1 Å². The van der Waals surface area contributed by atoms with Crippen LogP contribution in [0.3, 0.4) is 0 Å². The number of carbonyl (C=O) groups excluding carboxylic acids is 1. The zero-order valence-electron chi connectivity index (χ0n) is 12.9. The van der Waals surface area contributed by atoms with Crippen molar-refractivity contribution in [3.8, 4) is 5.75 Å². The summed E-state index contributed by atoms with van der Waals surface area (Å²) in [6.45, 7) is 3.24. The summed E-state index contributed by atoms with van der Waals surface area (Å²) in [5.41, 5.74) is 0.306. The van der Waals surface area contributed by atoms with Crippen molar-refractivity contribution < 1.29 is 9.90 Å². The van der Waals surface area contributed by atoms with Crippen molar-refractivity contribution in [2.24, 2.45) is 0 Å². The third kappa shape index (κ3) is 3.01. The minimum atomic E-state index is -0.290. The van der Waals surface area contributed by atoms with Crippen LogP contribution in [0.15, 0.2) is 42.7 Å². The summed E-state index contributed by atoms with van der Waals surface area (Å²) in [5, 5.41) is 22.5. The fraction of sp³-hybridized carbons (Fsp3) is 0.235. The molecule has 118 valence electrons. The number of fused-ring (bicyclic) bond motifs is 1. The molecule has 6 heteroatoms. The largest absolute Gasteiger partial charge is 0.507 e. The average Bonchev–Trinajstić information content (AvgIpc) is 3.02. The number of aryl methyl sites for hydroxylation is 1. The number of hydrogen-bond acceptors (Lipinski definition) is 4. The first kappa shape index (κ1) is 15.0. The molecule has 3 rings (SSSR count). The van der Waals surface area contributed by atoms with Gasteiger partial charge < -0.3 is 15.0 Å². The van der Waals surface area contributed by atoms with E-state index in [9.17, 15) is 9.90 Å². The zero-order valence-corrected chi connectivity index (χ0v) is 12.9. The fourth-order valence-electron chi connectivity index (χ4n) is 2.61. The molecule has 0 aliphatic heterocycles. The molecule has 0 saturated carbocycles. The Kier molecular flexibility index (Phi) is 4.23. The molecule has 0 atom stereocenters. The monoisotopic (exact) mass is 310 g/mol. The van der Waals surface area contributed by atoms with E-state index in [2.05, 4.69) is 15.5 Å². The van der Waals surface area contributed by atoms with Crippen LogP contribution >= 0.6 is 0 Å². The standard InChI is InChI=1S/C17H18N4O2/c1-2-21-11-19-20-15(21)9-10-18-17(23)16-13-6-4-3-5-12(13)7-8-14(16)22/h3-8,11,22H,2,9-10H2,1H3,(H,18,23). The van der Waals surface area contributed by atoms with Crippen LogP contribution in [0.4, 0.5) is 0 Å². The smallest absolute Gasteiger partial charge is 0.255 e. The van der Waals surface area contributed by atoms with E-state index in [-0.39, 0.29) is 11.7 Å². The highest BCUT2D eigenvalue weighted by atomic mass is 16.3. The van der Waals surface area contributed by atoms with Crippen LogP contribution in [0, 0.1) is 0 Å². The summed E-state index contributed by atoms with van der Waals surface area (Å²) in [6, 6.07) is 10.8. The van der Waals surface area contributed by atoms with Gasteiger partial charge in [-0.1, -0.05) is 30.3 Å². The van der Waals surface area contributed by atoms with Gasteiger partial charge in [0.15, 0.2) is 0 Å². The van der Waals surface area contributed by atoms with E-state index in [0.29, 0.717) is 18.5 Å². The Morgan fingerprint density at radius 1 is 1.26 bits per heavy atom. The lowest BCUT2D eigenvalue weighted by molar-refractivity contribution is 0.0953. The van der Waals surface area contributed by atoms with Crippen molar-refractivity contribution in [3.05, 3.63) is 54.1 Å². The van der Waals surface area contributed by atoms with E-state index < -0.39 is 0 Å². The molecule has 0 saturated heterocycles. The first-order chi connectivity index (χ1) is 11.2. The third-order valence-electron chi connectivity index (χ3n) is 3.80. The quantitative estimate of drug-likeness (QED) is 0.756. The predicted molar refractivity (Wildman–Crippen MR) is 87.3 cm³/mol. The zero-order chi connectivity index (χ0) is 16.2. The highest BCUT2D eigenvalue weighted by Crippen LogP contribution is 2.26. The Morgan fingerprint density at radius 3 is 2.91 bits per heavy atom. The number of carbonyl (C=O) groups is 1. The molecular weight excluding hydrogens is 292 g/mol. The van der Waals surface area contributed by atoms with Crippen LogP contribution in [0.5, 0.6) is 5.75 Å². The molecule has 1 amide bonds. The second kappa shape index (κ2) is 6.48. The Hall–Kier alpha value is -2.89. The number of nitrogens with zero attached hydrogens (tertiary/aromatic N) is 3. The number of nitrogens with one attached hydrogen (secondary N) is 1. The molecule has 0 aliphatic rings. The van der Waals surface area contributed by atoms with Gasteiger partial charge in [-0.15, -0.1) is 10.2 Å². The van der Waals surface area contributed by atoms with Gasteiger partial charge in [-0.2, -0.15) is 0 Å². The van der Waals surface area contributed by atoms with Gasteiger partial charge in [0.25, 0.3) is 5.91 Å². The maximum atomic E-state index is 12.4. The molecule has 0 fully saturated rings. The van der Waals surface area contributed by atoms with Gasteiger partial charge >= 0.3 is 0 Å². The predicted octanol–water partition coefficient (Wildman–Crippen LogP) is 2.13. The molecular formula is C17H18N4O2. The Morgan fingerprint density at radius 2 is 2.09 bits per heavy atom. The average molecular weight is 310 g/mol. The van der Waals surface area contributed by atoms with Gasteiger partial charge in [-0.3, -0.25) is 4.79 Å². The third-order valence-corrected chi connectivity index (χ3v) is 3.80. The fourth-order valence-corrected chi connectivity index (χ4v) is 2.61. The number of aromatic hydroxyl groups is 1. The molecule has 1 aromatic heterocycles. The molecule has 3 aromatic rings. The van der Waals surface area contributed by atoms with Crippen molar-refractivity contribution in [2.75, 3.05) is 6.54 Å². The van der Waals surface area contributed by atoms with Crippen molar-refractivity contribution in [2.45, 2.75) is 19.9 Å². The van der Waals surface area contributed by atoms with Crippen LogP contribution in [0.1, 0.15) is 23.1 Å². The second-order valence-corrected chi connectivity index (χ2v) is 5.22. The highest BCUT2D eigenvalue weighted by molar-refractivity contribution is 6.09. The van der Waals surface area contributed by atoms with E-state index in [0.717, 1.165) is 23.1 Å². The SMILES string of the molecule is CCn1cnnc1CCNC(=O)c1c(O)ccc2ccccc12. The van der Waals surface area contributed by atoms with Gasteiger partial charge in [0.1, 0.15) is 17.9 Å². The van der Waals surface area contributed by atoms with Gasteiger partial charge in [0.05, 0.1) is 5.56 Å². The second-order valence-electron chi connectivity index (χ2n) is 5.22. The molecule has 2 N–H and O–H groups in total. The van der Waals surface area contributed by atoms with E-state index in [4.69, 9.17) is 0 Å². The van der Waals surface area contributed by atoms with Crippen LogP contribution in [-0.4, -0.2) is 32.3 Å². The van der Waals surface area contributed by atoms with Crippen LogP contribution in [0.25, 0.3) is 10.8 Å². The Balaban J connectivity index is 1.75. The lowest BCUT2D eigenvalue weighted by Crippen LogP contribution is -2.26. The minimum Gasteiger partial charge on any atom is -0.507 e. The van der Waals surface area contributed by atoms with E-state index in [1.807, 2.05) is 35.8 Å². The van der Waals surface area contributed by atoms with Gasteiger partial charge in [-0.25, -0.2) is 0 Å². The summed E-state index contributed by atoms with van der Waals surface area (Å²) in [4.78, 5) is 12.4. The number of phenols is 1. The molecule has 1 heterocycles. The maximum absolute atomic E-state index is 12.4. The van der Waals surface area contributed by atoms with E-state index in [1.54, 1.807) is 18.5 Å². The van der Waals surface area contributed by atoms with E-state index >= 15 is 0 Å². The lowest BCUT2D eigenvalue weighted by atomic mass is 10.0. The van der Waals surface area contributed by atoms with Crippen molar-refractivity contribution in [3.63, 3.8) is 0 Å². The van der Waals surface area contributed by atoms with Crippen LogP contribution in [0.2, 0.25) is 0 Å². The highest BCUT2D eigenvalue weighted by Gasteiger charge is 2.15. The first-order valence-corrected chi connectivity index (χ1v) is 7.56. The number of aromatic nitrogens is 3. The molecule has 2 aromatic carbocycles. The normalized spacial score (nSPS) is 10.8. The Bertz CT molecular complexity index is 841. The Labute approximate surface area is 133 Å². The number of benzene rings is 2. The molecule has 0 unspecified atom stereocenters. The summed E-state index contributed by atoms with van der Waals surface area (Å²) in [7, 11) is 0. The molecule has 6 nitrogen and oxygen atoms in total. The molecule has 0 bridgehead atoms. The van der Waals surface area contributed by atoms with Crippen molar-refractivity contribution in [1.29, 1.82) is 0 Å². The molecule has 0 aliphatic carbocycles.